The lowest BCUT2D eigenvalue weighted by Crippen LogP contribution is -2.40. The maximum absolute atomic E-state index is 12.6. The summed E-state index contributed by atoms with van der Waals surface area (Å²) >= 11 is 0. The molecule has 1 aromatic rings. The minimum atomic E-state index is -3.40. The van der Waals surface area contributed by atoms with Crippen LogP contribution in [-0.4, -0.2) is 46.5 Å². The van der Waals surface area contributed by atoms with Gasteiger partial charge in [-0.25, -0.2) is 8.42 Å². The third kappa shape index (κ3) is 3.31. The Morgan fingerprint density at radius 2 is 2.05 bits per heavy atom. The fraction of sp³-hybridized carbons (Fsp3) is 0.571. The zero-order chi connectivity index (χ0) is 14.6. The van der Waals surface area contributed by atoms with Gasteiger partial charge in [0.05, 0.1) is 12.0 Å². The van der Waals surface area contributed by atoms with Crippen molar-refractivity contribution in [2.24, 2.45) is 5.92 Å². The van der Waals surface area contributed by atoms with E-state index in [2.05, 4.69) is 5.32 Å². The Balaban J connectivity index is 2.11. The van der Waals surface area contributed by atoms with Crippen LogP contribution < -0.4 is 10.1 Å². The molecule has 1 heterocycles. The van der Waals surface area contributed by atoms with Crippen LogP contribution in [0.3, 0.4) is 0 Å². The Kier molecular flexibility index (Phi) is 5.01. The molecule has 0 atom stereocenters. The molecule has 2 rings (SSSR count). The van der Waals surface area contributed by atoms with Gasteiger partial charge in [-0.2, -0.15) is 4.31 Å². The third-order valence-corrected chi connectivity index (χ3v) is 5.64. The zero-order valence-electron chi connectivity index (χ0n) is 12.0. The molecule has 1 aliphatic rings. The lowest BCUT2D eigenvalue weighted by atomic mass is 9.98. The average Bonchev–Trinajstić information content (AvgIpc) is 2.48. The van der Waals surface area contributed by atoms with Gasteiger partial charge in [-0.1, -0.05) is 6.07 Å². The van der Waals surface area contributed by atoms with Crippen LogP contribution in [0.1, 0.15) is 12.8 Å². The highest BCUT2D eigenvalue weighted by molar-refractivity contribution is 7.89. The molecule has 1 aromatic carbocycles. The van der Waals surface area contributed by atoms with E-state index < -0.39 is 10.0 Å². The summed E-state index contributed by atoms with van der Waals surface area (Å²) < 4.78 is 31.8. The summed E-state index contributed by atoms with van der Waals surface area (Å²) in [6.45, 7) is 2.13. The van der Waals surface area contributed by atoms with E-state index in [-0.39, 0.29) is 0 Å². The SMILES string of the molecule is CNCC1CCN(S(=O)(=O)c2cccc(OC)c2)CC1. The number of benzene rings is 1. The van der Waals surface area contributed by atoms with Crippen LogP contribution in [0.25, 0.3) is 0 Å². The molecule has 0 amide bonds. The molecule has 1 fully saturated rings. The number of methoxy groups -OCH3 is 1. The van der Waals surface area contributed by atoms with Gasteiger partial charge in [0.15, 0.2) is 0 Å². The molecule has 1 saturated heterocycles. The van der Waals surface area contributed by atoms with E-state index in [4.69, 9.17) is 4.74 Å². The smallest absolute Gasteiger partial charge is 0.243 e. The van der Waals surface area contributed by atoms with Gasteiger partial charge < -0.3 is 10.1 Å². The van der Waals surface area contributed by atoms with Crippen molar-refractivity contribution in [2.45, 2.75) is 17.7 Å². The second-order valence-corrected chi connectivity index (χ2v) is 7.02. The van der Waals surface area contributed by atoms with Crippen LogP contribution in [0.2, 0.25) is 0 Å². The first kappa shape index (κ1) is 15.3. The van der Waals surface area contributed by atoms with Gasteiger partial charge >= 0.3 is 0 Å². The standard InChI is InChI=1S/C14H22N2O3S/c1-15-11-12-6-8-16(9-7-12)20(17,18)14-5-3-4-13(10-14)19-2/h3-5,10,12,15H,6-9,11H2,1-2H3. The molecule has 1 aliphatic heterocycles. The number of nitrogens with zero attached hydrogens (tertiary/aromatic N) is 1. The molecule has 0 aromatic heterocycles. The van der Waals surface area contributed by atoms with E-state index in [1.807, 2.05) is 7.05 Å². The number of hydrogen-bond donors (Lipinski definition) is 1. The van der Waals surface area contributed by atoms with Crippen LogP contribution in [0.5, 0.6) is 5.75 Å². The molecule has 0 bridgehead atoms. The maximum atomic E-state index is 12.6. The van der Waals surface area contributed by atoms with Gasteiger partial charge in [-0.15, -0.1) is 0 Å². The molecule has 112 valence electrons. The topological polar surface area (TPSA) is 58.6 Å². The van der Waals surface area contributed by atoms with Crippen molar-refractivity contribution >= 4 is 10.0 Å². The first-order chi connectivity index (χ1) is 9.57. The summed E-state index contributed by atoms with van der Waals surface area (Å²) in [5, 5.41) is 3.15. The average molecular weight is 298 g/mol. The van der Waals surface area contributed by atoms with Crippen LogP contribution in [0.4, 0.5) is 0 Å². The summed E-state index contributed by atoms with van der Waals surface area (Å²) in [6.07, 6.45) is 1.81. The highest BCUT2D eigenvalue weighted by atomic mass is 32.2. The van der Waals surface area contributed by atoms with Gasteiger partial charge in [0.25, 0.3) is 0 Å². The first-order valence-corrected chi connectivity index (χ1v) is 8.30. The molecule has 1 N–H and O–H groups in total. The predicted molar refractivity (Wildman–Crippen MR) is 78.4 cm³/mol. The van der Waals surface area contributed by atoms with Gasteiger partial charge in [0.2, 0.25) is 10.0 Å². The van der Waals surface area contributed by atoms with Crippen molar-refractivity contribution in [1.82, 2.24) is 9.62 Å². The largest absolute Gasteiger partial charge is 0.497 e. The van der Waals surface area contributed by atoms with Gasteiger partial charge in [0, 0.05) is 19.2 Å². The summed E-state index contributed by atoms with van der Waals surface area (Å²) in [4.78, 5) is 0.309. The van der Waals surface area contributed by atoms with Crippen molar-refractivity contribution < 1.29 is 13.2 Å². The summed E-state index contributed by atoms with van der Waals surface area (Å²) in [5.41, 5.74) is 0. The number of ether oxygens (including phenoxy) is 1. The van der Waals surface area contributed by atoms with Gasteiger partial charge in [-0.05, 0) is 44.5 Å². The second kappa shape index (κ2) is 6.56. The lowest BCUT2D eigenvalue weighted by Gasteiger charge is -2.31. The Morgan fingerprint density at radius 3 is 2.65 bits per heavy atom. The van der Waals surface area contributed by atoms with Crippen LogP contribution in [0, 0.1) is 5.92 Å². The van der Waals surface area contributed by atoms with Gasteiger partial charge in [-0.3, -0.25) is 0 Å². The zero-order valence-corrected chi connectivity index (χ0v) is 12.8. The molecular weight excluding hydrogens is 276 g/mol. The summed E-state index contributed by atoms with van der Waals surface area (Å²) in [6, 6.07) is 6.66. The van der Waals surface area contributed by atoms with Crippen molar-refractivity contribution in [2.75, 3.05) is 33.8 Å². The minimum absolute atomic E-state index is 0.309. The third-order valence-electron chi connectivity index (χ3n) is 3.75. The van der Waals surface area contributed by atoms with E-state index in [0.717, 1.165) is 19.4 Å². The van der Waals surface area contributed by atoms with E-state index in [1.165, 1.54) is 7.11 Å². The van der Waals surface area contributed by atoms with Gasteiger partial charge in [0.1, 0.15) is 5.75 Å². The Hall–Kier alpha value is -1.11. The molecule has 0 spiro atoms. The predicted octanol–water partition coefficient (Wildman–Crippen LogP) is 1.32. The molecule has 0 radical (unpaired) electrons. The number of hydrogen-bond acceptors (Lipinski definition) is 4. The van der Waals surface area contributed by atoms with E-state index in [1.54, 1.807) is 28.6 Å². The maximum Gasteiger partial charge on any atom is 0.243 e. The minimum Gasteiger partial charge on any atom is -0.497 e. The fourth-order valence-corrected chi connectivity index (χ4v) is 4.06. The fourth-order valence-electron chi connectivity index (χ4n) is 2.55. The second-order valence-electron chi connectivity index (χ2n) is 5.08. The van der Waals surface area contributed by atoms with Crippen LogP contribution in [-0.2, 0) is 10.0 Å². The van der Waals surface area contributed by atoms with E-state index in [0.29, 0.717) is 29.7 Å². The highest BCUT2D eigenvalue weighted by Crippen LogP contribution is 2.25. The molecular formula is C14H22N2O3S. The number of rotatable bonds is 5. The summed E-state index contributed by atoms with van der Waals surface area (Å²) in [7, 11) is 0.0665. The van der Waals surface area contributed by atoms with E-state index in [9.17, 15) is 8.42 Å². The van der Waals surface area contributed by atoms with Crippen molar-refractivity contribution in [3.8, 4) is 5.75 Å². The van der Waals surface area contributed by atoms with Crippen molar-refractivity contribution in [3.05, 3.63) is 24.3 Å². The molecule has 5 nitrogen and oxygen atoms in total. The molecule has 0 aliphatic carbocycles. The molecule has 0 saturated carbocycles. The highest BCUT2D eigenvalue weighted by Gasteiger charge is 2.29. The Bertz CT molecular complexity index is 537. The number of nitrogens with one attached hydrogen (secondary N) is 1. The van der Waals surface area contributed by atoms with Crippen LogP contribution >= 0.6 is 0 Å². The monoisotopic (exact) mass is 298 g/mol. The van der Waals surface area contributed by atoms with Crippen molar-refractivity contribution in [3.63, 3.8) is 0 Å². The van der Waals surface area contributed by atoms with Crippen molar-refractivity contribution in [1.29, 1.82) is 0 Å². The number of piperidine rings is 1. The molecule has 6 heteroatoms. The quantitative estimate of drug-likeness (QED) is 0.890. The molecule has 20 heavy (non-hydrogen) atoms. The van der Waals surface area contributed by atoms with Crippen LogP contribution in [0.15, 0.2) is 29.2 Å². The lowest BCUT2D eigenvalue weighted by molar-refractivity contribution is 0.270. The van der Waals surface area contributed by atoms with E-state index >= 15 is 0 Å². The Labute approximate surface area is 121 Å². The number of sulfonamides is 1. The Morgan fingerprint density at radius 1 is 1.35 bits per heavy atom. The first-order valence-electron chi connectivity index (χ1n) is 6.86. The molecule has 0 unspecified atom stereocenters. The normalized spacial score (nSPS) is 18.1. The summed E-state index contributed by atoms with van der Waals surface area (Å²) in [5.74, 6) is 1.13.